The van der Waals surface area contributed by atoms with Crippen molar-refractivity contribution in [3.63, 3.8) is 0 Å². The number of benzene rings is 1. The number of hydrogen-bond donors (Lipinski definition) is 2. The number of nitrogens with zero attached hydrogens (tertiary/aromatic N) is 1. The molecule has 112 valence electrons. The van der Waals surface area contributed by atoms with Crippen molar-refractivity contribution in [2.75, 3.05) is 0 Å². The fourth-order valence-corrected chi connectivity index (χ4v) is 2.28. The van der Waals surface area contributed by atoms with Gasteiger partial charge in [-0.2, -0.15) is 0 Å². The quantitative estimate of drug-likeness (QED) is 0.774. The summed E-state index contributed by atoms with van der Waals surface area (Å²) < 4.78 is 5.15. The topological polar surface area (TPSA) is 70.9 Å². The lowest BCUT2D eigenvalue weighted by Gasteiger charge is -2.11. The molecular weight excluding hydrogens is 278 g/mol. The van der Waals surface area contributed by atoms with E-state index >= 15 is 0 Å². The molecule has 22 heavy (non-hydrogen) atoms. The van der Waals surface area contributed by atoms with Gasteiger partial charge in [-0.15, -0.1) is 0 Å². The summed E-state index contributed by atoms with van der Waals surface area (Å²) in [6, 6.07) is 11.4. The highest BCUT2D eigenvalue weighted by atomic mass is 16.3. The Bertz CT molecular complexity index is 774. The second kappa shape index (κ2) is 5.89. The minimum atomic E-state index is -0.223. The summed E-state index contributed by atoms with van der Waals surface area (Å²) in [7, 11) is 0. The van der Waals surface area contributed by atoms with Crippen LogP contribution in [0.5, 0.6) is 0 Å². The number of aryl methyl sites for hydroxylation is 1. The highest BCUT2D eigenvalue weighted by molar-refractivity contribution is 5.95. The molecule has 1 aromatic carbocycles. The summed E-state index contributed by atoms with van der Waals surface area (Å²) in [5, 5.41) is 2.91. The summed E-state index contributed by atoms with van der Waals surface area (Å²) in [5.41, 5.74) is 2.53. The molecule has 1 atom stereocenters. The van der Waals surface area contributed by atoms with E-state index in [9.17, 15) is 4.79 Å². The van der Waals surface area contributed by atoms with Crippen molar-refractivity contribution in [1.82, 2.24) is 15.3 Å². The highest BCUT2D eigenvalue weighted by Crippen LogP contribution is 2.19. The Labute approximate surface area is 128 Å². The summed E-state index contributed by atoms with van der Waals surface area (Å²) >= 11 is 0. The summed E-state index contributed by atoms with van der Waals surface area (Å²) in [6.07, 6.45) is 3.28. The second-order valence-electron chi connectivity index (χ2n) is 5.13. The Morgan fingerprint density at radius 3 is 2.73 bits per heavy atom. The molecule has 0 aliphatic carbocycles. The van der Waals surface area contributed by atoms with Gasteiger partial charge in [-0.1, -0.05) is 30.3 Å². The van der Waals surface area contributed by atoms with Crippen LogP contribution in [0, 0.1) is 6.92 Å². The number of carbonyl (C=O) groups excluding carboxylic acids is 1. The number of hydrogen-bond acceptors (Lipinski definition) is 3. The number of nitrogens with one attached hydrogen (secondary N) is 2. The van der Waals surface area contributed by atoms with Crippen molar-refractivity contribution in [3.8, 4) is 11.3 Å². The van der Waals surface area contributed by atoms with Gasteiger partial charge in [0, 0.05) is 0 Å². The standard InChI is InChI=1S/C17H17N3O2/c1-11(19-17(21)14-8-9-22-12(14)2)16-18-10-15(20-16)13-6-4-3-5-7-13/h3-11H,1-2H3,(H,18,20)(H,19,21)/t11-/m1/s1. The molecule has 0 radical (unpaired) electrons. The number of aromatic nitrogens is 2. The van der Waals surface area contributed by atoms with E-state index in [-0.39, 0.29) is 11.9 Å². The zero-order valence-electron chi connectivity index (χ0n) is 12.5. The van der Waals surface area contributed by atoms with Crippen LogP contribution in [0.4, 0.5) is 0 Å². The number of H-pyrrole nitrogens is 1. The molecule has 0 saturated heterocycles. The Hall–Kier alpha value is -2.82. The fourth-order valence-electron chi connectivity index (χ4n) is 2.28. The van der Waals surface area contributed by atoms with Crippen molar-refractivity contribution in [2.45, 2.75) is 19.9 Å². The van der Waals surface area contributed by atoms with E-state index in [4.69, 9.17) is 4.42 Å². The lowest BCUT2D eigenvalue weighted by molar-refractivity contribution is 0.0937. The molecule has 5 heteroatoms. The van der Waals surface area contributed by atoms with Gasteiger partial charge in [0.1, 0.15) is 11.6 Å². The molecule has 0 fully saturated rings. The van der Waals surface area contributed by atoms with Crippen LogP contribution in [0.25, 0.3) is 11.3 Å². The average Bonchev–Trinajstić information content (AvgIpc) is 3.17. The van der Waals surface area contributed by atoms with E-state index in [0.29, 0.717) is 17.1 Å². The van der Waals surface area contributed by atoms with Gasteiger partial charge in [0.15, 0.2) is 0 Å². The molecule has 3 aromatic rings. The third kappa shape index (κ3) is 2.79. The van der Waals surface area contributed by atoms with Gasteiger partial charge in [-0.25, -0.2) is 4.98 Å². The zero-order chi connectivity index (χ0) is 15.5. The van der Waals surface area contributed by atoms with Gasteiger partial charge in [-0.05, 0) is 25.5 Å². The van der Waals surface area contributed by atoms with Crippen LogP contribution in [0.2, 0.25) is 0 Å². The van der Waals surface area contributed by atoms with E-state index in [0.717, 1.165) is 11.3 Å². The Balaban J connectivity index is 1.73. The van der Waals surface area contributed by atoms with E-state index in [1.54, 1.807) is 19.2 Å². The molecule has 0 aliphatic heterocycles. The minimum Gasteiger partial charge on any atom is -0.469 e. The number of imidazole rings is 1. The summed E-state index contributed by atoms with van der Waals surface area (Å²) in [4.78, 5) is 19.8. The Morgan fingerprint density at radius 2 is 2.05 bits per heavy atom. The van der Waals surface area contributed by atoms with Crippen LogP contribution in [-0.2, 0) is 0 Å². The Morgan fingerprint density at radius 1 is 1.27 bits per heavy atom. The molecular formula is C17H17N3O2. The van der Waals surface area contributed by atoms with Crippen LogP contribution < -0.4 is 5.32 Å². The highest BCUT2D eigenvalue weighted by Gasteiger charge is 2.17. The predicted molar refractivity (Wildman–Crippen MR) is 83.3 cm³/mol. The molecule has 2 aromatic heterocycles. The third-order valence-electron chi connectivity index (χ3n) is 3.54. The predicted octanol–water partition coefficient (Wildman–Crippen LogP) is 3.47. The van der Waals surface area contributed by atoms with E-state index in [1.165, 1.54) is 6.26 Å². The van der Waals surface area contributed by atoms with Gasteiger partial charge in [0.2, 0.25) is 0 Å². The number of carbonyl (C=O) groups is 1. The van der Waals surface area contributed by atoms with Crippen LogP contribution in [0.15, 0.2) is 53.3 Å². The molecule has 2 N–H and O–H groups in total. The minimum absolute atomic E-state index is 0.170. The molecule has 0 saturated carbocycles. The maximum Gasteiger partial charge on any atom is 0.255 e. The van der Waals surface area contributed by atoms with Crippen molar-refractivity contribution < 1.29 is 9.21 Å². The van der Waals surface area contributed by atoms with E-state index in [2.05, 4.69) is 15.3 Å². The number of aromatic amines is 1. The van der Waals surface area contributed by atoms with Gasteiger partial charge >= 0.3 is 0 Å². The second-order valence-corrected chi connectivity index (χ2v) is 5.13. The normalized spacial score (nSPS) is 12.1. The molecule has 0 bridgehead atoms. The van der Waals surface area contributed by atoms with E-state index < -0.39 is 0 Å². The van der Waals surface area contributed by atoms with Crippen molar-refractivity contribution in [3.05, 3.63) is 66.0 Å². The molecule has 5 nitrogen and oxygen atoms in total. The SMILES string of the molecule is Cc1occc1C(=O)N[C@H](C)c1ncc(-c2ccccc2)[nH]1. The van der Waals surface area contributed by atoms with Gasteiger partial charge < -0.3 is 14.7 Å². The smallest absolute Gasteiger partial charge is 0.255 e. The third-order valence-corrected chi connectivity index (χ3v) is 3.54. The van der Waals surface area contributed by atoms with Crippen LogP contribution in [0.3, 0.4) is 0 Å². The number of rotatable bonds is 4. The van der Waals surface area contributed by atoms with Crippen molar-refractivity contribution in [1.29, 1.82) is 0 Å². The molecule has 0 spiro atoms. The van der Waals surface area contributed by atoms with E-state index in [1.807, 2.05) is 37.3 Å². The van der Waals surface area contributed by atoms with Crippen LogP contribution in [0.1, 0.15) is 34.9 Å². The summed E-state index contributed by atoms with van der Waals surface area (Å²) in [5.74, 6) is 1.15. The largest absolute Gasteiger partial charge is 0.469 e. The zero-order valence-corrected chi connectivity index (χ0v) is 12.5. The van der Waals surface area contributed by atoms with Crippen LogP contribution in [-0.4, -0.2) is 15.9 Å². The van der Waals surface area contributed by atoms with Crippen molar-refractivity contribution in [2.24, 2.45) is 0 Å². The number of amides is 1. The maximum atomic E-state index is 12.2. The Kier molecular flexibility index (Phi) is 3.78. The molecule has 0 aliphatic rings. The van der Waals surface area contributed by atoms with Crippen LogP contribution >= 0.6 is 0 Å². The first-order chi connectivity index (χ1) is 10.6. The first-order valence-corrected chi connectivity index (χ1v) is 7.10. The molecule has 2 heterocycles. The molecule has 3 rings (SSSR count). The van der Waals surface area contributed by atoms with Crippen molar-refractivity contribution >= 4 is 5.91 Å². The van der Waals surface area contributed by atoms with Gasteiger partial charge in [-0.3, -0.25) is 4.79 Å². The summed E-state index contributed by atoms with van der Waals surface area (Å²) in [6.45, 7) is 3.65. The lowest BCUT2D eigenvalue weighted by Crippen LogP contribution is -2.27. The number of furan rings is 1. The monoisotopic (exact) mass is 295 g/mol. The molecule has 0 unspecified atom stereocenters. The van der Waals surface area contributed by atoms with Gasteiger partial charge in [0.05, 0.1) is 29.8 Å². The van der Waals surface area contributed by atoms with Gasteiger partial charge in [0.25, 0.3) is 5.91 Å². The average molecular weight is 295 g/mol. The first kappa shape index (κ1) is 14.1. The maximum absolute atomic E-state index is 12.2. The lowest BCUT2D eigenvalue weighted by atomic mass is 10.2. The first-order valence-electron chi connectivity index (χ1n) is 7.10. The fraction of sp³-hybridized carbons (Fsp3) is 0.176. The molecule has 1 amide bonds.